The van der Waals surface area contributed by atoms with Crippen molar-refractivity contribution in [1.82, 2.24) is 10.2 Å². The molecule has 1 heterocycles. The molecule has 0 saturated carbocycles. The van der Waals surface area contributed by atoms with Gasteiger partial charge in [0.05, 0.1) is 11.2 Å². The van der Waals surface area contributed by atoms with Crippen molar-refractivity contribution in [2.45, 2.75) is 13.8 Å². The predicted octanol–water partition coefficient (Wildman–Crippen LogP) is 2.63. The maximum absolute atomic E-state index is 10.0. The highest BCUT2D eigenvalue weighted by atomic mass is 35.5. The monoisotopic (exact) mass is 237 g/mol. The number of hydrogen-bond donors (Lipinski definition) is 3. The Morgan fingerprint density at radius 2 is 2.06 bits per heavy atom. The molecule has 5 heteroatoms. The zero-order valence-electron chi connectivity index (χ0n) is 9.00. The second kappa shape index (κ2) is 3.72. The van der Waals surface area contributed by atoms with Crippen LogP contribution in [0.2, 0.25) is 5.02 Å². The summed E-state index contributed by atoms with van der Waals surface area (Å²) in [5.41, 5.74) is 8.76. The summed E-state index contributed by atoms with van der Waals surface area (Å²) in [5.74, 6) is 0.464. The molecule has 0 spiro atoms. The molecule has 0 bridgehead atoms. The molecule has 0 aliphatic heterocycles. The van der Waals surface area contributed by atoms with Gasteiger partial charge in [0, 0.05) is 11.1 Å². The lowest BCUT2D eigenvalue weighted by Crippen LogP contribution is -1.92. The van der Waals surface area contributed by atoms with Crippen molar-refractivity contribution in [3.63, 3.8) is 0 Å². The van der Waals surface area contributed by atoms with Crippen molar-refractivity contribution in [2.75, 3.05) is 5.73 Å². The Balaban J connectivity index is 2.76. The van der Waals surface area contributed by atoms with Crippen molar-refractivity contribution in [3.05, 3.63) is 28.4 Å². The number of benzene rings is 1. The number of nitrogens with zero attached hydrogens (tertiary/aromatic N) is 1. The Kier molecular flexibility index (Phi) is 2.52. The Bertz CT molecular complexity index is 548. The number of aromatic amines is 1. The number of halogens is 1. The Hall–Kier alpha value is -1.68. The first-order valence-corrected chi connectivity index (χ1v) is 5.18. The van der Waals surface area contributed by atoms with E-state index in [-0.39, 0.29) is 5.75 Å². The number of anilines is 1. The summed E-state index contributed by atoms with van der Waals surface area (Å²) in [4.78, 5) is 0. The molecule has 0 radical (unpaired) electrons. The molecule has 0 fully saturated rings. The summed E-state index contributed by atoms with van der Waals surface area (Å²) in [6, 6.07) is 1.91. The molecule has 4 N–H and O–H groups in total. The second-order valence-electron chi connectivity index (χ2n) is 3.75. The maximum atomic E-state index is 10.0. The number of phenolic OH excluding ortho intramolecular Hbond substituents is 1. The normalized spacial score (nSPS) is 10.7. The highest BCUT2D eigenvalue weighted by Crippen LogP contribution is 2.41. The zero-order chi connectivity index (χ0) is 11.9. The van der Waals surface area contributed by atoms with Gasteiger partial charge in [0.25, 0.3) is 0 Å². The molecule has 0 aliphatic carbocycles. The second-order valence-corrected chi connectivity index (χ2v) is 4.12. The average molecular weight is 238 g/mol. The van der Waals surface area contributed by atoms with Crippen LogP contribution in [-0.4, -0.2) is 15.3 Å². The fraction of sp³-hybridized carbons (Fsp3) is 0.182. The molecule has 0 unspecified atom stereocenters. The highest BCUT2D eigenvalue weighted by Gasteiger charge is 2.16. The molecule has 1 aromatic heterocycles. The van der Waals surface area contributed by atoms with Crippen molar-refractivity contribution >= 4 is 17.4 Å². The molecule has 2 aromatic rings. The standard InChI is InChI=1S/C11H12ClN3O/c1-5-3-6(2)9(12)10(16)8(5)7-4-14-15-11(7)13/h3-4,16H,1-2H3,(H3,13,14,15). The summed E-state index contributed by atoms with van der Waals surface area (Å²) in [6.07, 6.45) is 1.57. The third-order valence-corrected chi connectivity index (χ3v) is 3.03. The van der Waals surface area contributed by atoms with Gasteiger partial charge < -0.3 is 10.8 Å². The van der Waals surface area contributed by atoms with E-state index < -0.39 is 0 Å². The van der Waals surface area contributed by atoms with Gasteiger partial charge in [-0.15, -0.1) is 0 Å². The number of hydrogen-bond acceptors (Lipinski definition) is 3. The van der Waals surface area contributed by atoms with E-state index in [1.165, 1.54) is 0 Å². The van der Waals surface area contributed by atoms with Gasteiger partial charge in [0.15, 0.2) is 0 Å². The number of aryl methyl sites for hydroxylation is 2. The summed E-state index contributed by atoms with van der Waals surface area (Å²) in [7, 11) is 0. The van der Waals surface area contributed by atoms with Crippen LogP contribution in [0.5, 0.6) is 5.75 Å². The van der Waals surface area contributed by atoms with E-state index in [1.54, 1.807) is 6.20 Å². The lowest BCUT2D eigenvalue weighted by Gasteiger charge is -2.11. The average Bonchev–Trinajstić information content (AvgIpc) is 2.62. The Labute approximate surface area is 98.1 Å². The minimum Gasteiger partial charge on any atom is -0.506 e. The smallest absolute Gasteiger partial charge is 0.142 e. The first kappa shape index (κ1) is 10.8. The van der Waals surface area contributed by atoms with Crippen molar-refractivity contribution in [2.24, 2.45) is 0 Å². The SMILES string of the molecule is Cc1cc(C)c(-c2cn[nH]c2N)c(O)c1Cl. The molecule has 0 saturated heterocycles. The number of nitrogens with two attached hydrogens (primary N) is 1. The number of rotatable bonds is 1. The summed E-state index contributed by atoms with van der Waals surface area (Å²) in [6.45, 7) is 3.74. The Morgan fingerprint density at radius 3 is 2.62 bits per heavy atom. The van der Waals surface area contributed by atoms with Gasteiger partial charge >= 0.3 is 0 Å². The fourth-order valence-electron chi connectivity index (χ4n) is 1.78. The quantitative estimate of drug-likeness (QED) is 0.714. The number of aromatic hydroxyl groups is 1. The molecular weight excluding hydrogens is 226 g/mol. The van der Waals surface area contributed by atoms with E-state index in [4.69, 9.17) is 17.3 Å². The van der Waals surface area contributed by atoms with Crippen LogP contribution >= 0.6 is 11.6 Å². The zero-order valence-corrected chi connectivity index (χ0v) is 9.76. The lowest BCUT2D eigenvalue weighted by molar-refractivity contribution is 0.477. The van der Waals surface area contributed by atoms with Crippen LogP contribution in [0.1, 0.15) is 11.1 Å². The molecule has 0 aliphatic rings. The van der Waals surface area contributed by atoms with Crippen LogP contribution < -0.4 is 5.73 Å². The van der Waals surface area contributed by atoms with Crippen LogP contribution in [0, 0.1) is 13.8 Å². The van der Waals surface area contributed by atoms with E-state index in [1.807, 2.05) is 19.9 Å². The summed E-state index contributed by atoms with van der Waals surface area (Å²) < 4.78 is 0. The fourth-order valence-corrected chi connectivity index (χ4v) is 1.93. The first-order valence-electron chi connectivity index (χ1n) is 4.80. The van der Waals surface area contributed by atoms with Gasteiger partial charge in [-0.25, -0.2) is 0 Å². The molecule has 84 valence electrons. The molecule has 0 amide bonds. The molecule has 2 rings (SSSR count). The molecular formula is C11H12ClN3O. The van der Waals surface area contributed by atoms with Crippen LogP contribution in [0.3, 0.4) is 0 Å². The van der Waals surface area contributed by atoms with Gasteiger partial charge in [0.1, 0.15) is 11.6 Å². The number of phenols is 1. The van der Waals surface area contributed by atoms with Crippen LogP contribution in [0.15, 0.2) is 12.3 Å². The third kappa shape index (κ3) is 1.51. The van der Waals surface area contributed by atoms with E-state index in [0.29, 0.717) is 22.0 Å². The topological polar surface area (TPSA) is 74.9 Å². The summed E-state index contributed by atoms with van der Waals surface area (Å²) >= 11 is 6.00. The first-order chi connectivity index (χ1) is 7.52. The third-order valence-electron chi connectivity index (χ3n) is 2.56. The van der Waals surface area contributed by atoms with Gasteiger partial charge in [-0.05, 0) is 25.0 Å². The minimum absolute atomic E-state index is 0.0484. The van der Waals surface area contributed by atoms with Crippen molar-refractivity contribution in [1.29, 1.82) is 0 Å². The number of nitrogens with one attached hydrogen (secondary N) is 1. The molecule has 1 aromatic carbocycles. The molecule has 4 nitrogen and oxygen atoms in total. The van der Waals surface area contributed by atoms with E-state index in [2.05, 4.69) is 10.2 Å². The van der Waals surface area contributed by atoms with Crippen LogP contribution in [0.4, 0.5) is 5.82 Å². The minimum atomic E-state index is 0.0484. The number of aromatic nitrogens is 2. The van der Waals surface area contributed by atoms with Crippen molar-refractivity contribution in [3.8, 4) is 16.9 Å². The van der Waals surface area contributed by atoms with Gasteiger partial charge in [-0.2, -0.15) is 5.10 Å². The maximum Gasteiger partial charge on any atom is 0.142 e. The number of H-pyrrole nitrogens is 1. The van der Waals surface area contributed by atoms with Crippen molar-refractivity contribution < 1.29 is 5.11 Å². The van der Waals surface area contributed by atoms with E-state index >= 15 is 0 Å². The van der Waals surface area contributed by atoms with Gasteiger partial charge in [-0.3, -0.25) is 5.10 Å². The predicted molar refractivity (Wildman–Crippen MR) is 64.6 cm³/mol. The van der Waals surface area contributed by atoms with Gasteiger partial charge in [0.2, 0.25) is 0 Å². The van der Waals surface area contributed by atoms with E-state index in [9.17, 15) is 5.11 Å². The van der Waals surface area contributed by atoms with Crippen LogP contribution in [0.25, 0.3) is 11.1 Å². The lowest BCUT2D eigenvalue weighted by atomic mass is 9.99. The molecule has 0 atom stereocenters. The van der Waals surface area contributed by atoms with E-state index in [0.717, 1.165) is 11.1 Å². The largest absolute Gasteiger partial charge is 0.506 e. The van der Waals surface area contributed by atoms with Crippen LogP contribution in [-0.2, 0) is 0 Å². The number of nitrogen functional groups attached to an aromatic ring is 1. The summed E-state index contributed by atoms with van der Waals surface area (Å²) in [5, 5.41) is 16.8. The van der Waals surface area contributed by atoms with Gasteiger partial charge in [-0.1, -0.05) is 17.7 Å². The Morgan fingerprint density at radius 1 is 1.38 bits per heavy atom. The molecule has 16 heavy (non-hydrogen) atoms. The highest BCUT2D eigenvalue weighted by molar-refractivity contribution is 6.33.